The number of amides is 1. The van der Waals surface area contributed by atoms with Crippen molar-refractivity contribution >= 4 is 16.3 Å². The number of carbonyl (C=O) groups excluding carboxylic acids is 1. The van der Waals surface area contributed by atoms with Crippen LogP contribution in [-0.4, -0.2) is 53.6 Å². The molecule has 0 spiro atoms. The lowest BCUT2D eigenvalue weighted by molar-refractivity contribution is -0.113. The Morgan fingerprint density at radius 2 is 1.63 bits per heavy atom. The molecule has 1 amide bonds. The summed E-state index contributed by atoms with van der Waals surface area (Å²) < 4.78 is 29.7. The molecule has 2 N–H and O–H groups in total. The smallest absolute Gasteiger partial charge is 0.366 e. The van der Waals surface area contributed by atoms with Crippen LogP contribution in [0.1, 0.15) is 20.3 Å². The van der Waals surface area contributed by atoms with Crippen molar-refractivity contribution in [1.82, 2.24) is 4.90 Å². The zero-order valence-corrected chi connectivity index (χ0v) is 13.2. The van der Waals surface area contributed by atoms with Crippen molar-refractivity contribution in [1.29, 1.82) is 0 Å². The first kappa shape index (κ1) is 23.2. The Kier molecular flexibility index (Phi) is 18.4. The number of nitrogens with zero attached hydrogens (tertiary/aromatic N) is 1. The van der Waals surface area contributed by atoms with Crippen LogP contribution in [0.3, 0.4) is 0 Å². The first-order valence-corrected chi connectivity index (χ1v) is 7.02. The molecule has 8 heteroatoms. The Morgan fingerprint density at radius 1 is 1.26 bits per heavy atom. The molecule has 116 valence electrons. The van der Waals surface area contributed by atoms with Crippen LogP contribution in [0.15, 0.2) is 12.7 Å². The predicted molar refractivity (Wildman–Crippen MR) is 75.8 cm³/mol. The fraction of sp³-hybridized carbons (Fsp3) is 0.727. The normalized spacial score (nSPS) is 9.79. The molecule has 0 radical (unpaired) electrons. The lowest BCUT2D eigenvalue weighted by Crippen LogP contribution is -2.10. The fourth-order valence-corrected chi connectivity index (χ4v) is 1.09. The third-order valence-electron chi connectivity index (χ3n) is 0.895. The molecule has 0 aromatic rings. The zero-order valence-electron chi connectivity index (χ0n) is 12.4. The molecule has 7 nitrogen and oxygen atoms in total. The predicted octanol–water partition coefficient (Wildman–Crippen LogP) is 0.530. The minimum absolute atomic E-state index is 0.117. The summed E-state index contributed by atoms with van der Waals surface area (Å²) in [5.74, 6) is -0.481. The molecule has 19 heavy (non-hydrogen) atoms. The molecule has 0 bridgehead atoms. The molecule has 0 aliphatic rings. The molecule has 0 aliphatic carbocycles. The van der Waals surface area contributed by atoms with Gasteiger partial charge in [-0.25, -0.2) is 8.37 Å². The van der Waals surface area contributed by atoms with Crippen molar-refractivity contribution in [2.45, 2.75) is 20.3 Å². The quantitative estimate of drug-likeness (QED) is 0.718. The van der Waals surface area contributed by atoms with E-state index in [1.54, 1.807) is 6.92 Å². The van der Waals surface area contributed by atoms with Gasteiger partial charge < -0.3 is 10.6 Å². The second kappa shape index (κ2) is 15.1. The van der Waals surface area contributed by atoms with Gasteiger partial charge in [0.15, 0.2) is 0 Å². The van der Waals surface area contributed by atoms with E-state index in [2.05, 4.69) is 20.7 Å². The first-order valence-electron chi connectivity index (χ1n) is 5.69. The van der Waals surface area contributed by atoms with Gasteiger partial charge in [-0.1, -0.05) is 13.5 Å². The second-order valence-electron chi connectivity index (χ2n) is 3.58. The second-order valence-corrected chi connectivity index (χ2v) is 4.87. The molecule has 0 heterocycles. The maximum atomic E-state index is 10.5. The monoisotopic (exact) mass is 298 g/mol. The molecule has 0 saturated heterocycles. The highest BCUT2D eigenvalue weighted by Crippen LogP contribution is 1.95. The van der Waals surface area contributed by atoms with Crippen LogP contribution in [0.4, 0.5) is 0 Å². The standard InChI is InChI=1S/C5H12O4S.C3H5NO.C3H9N/c1-3-5-9-10(6,7)8-4-2;1-2-3(4)5;1-4(2)3/h3-5H2,1-2H3;2H,1H2,(H2,4,5);1-3H3. The summed E-state index contributed by atoms with van der Waals surface area (Å²) in [5.41, 5.74) is 4.53. The van der Waals surface area contributed by atoms with Crippen molar-refractivity contribution in [3.8, 4) is 0 Å². The Hall–Kier alpha value is -0.960. The van der Waals surface area contributed by atoms with E-state index in [4.69, 9.17) is 0 Å². The molecule has 0 aliphatic heterocycles. The fourth-order valence-electron chi connectivity index (χ4n) is 0.364. The molecule has 0 atom stereocenters. The van der Waals surface area contributed by atoms with Crippen LogP contribution >= 0.6 is 0 Å². The maximum absolute atomic E-state index is 10.5. The number of carbonyl (C=O) groups is 1. The van der Waals surface area contributed by atoms with Crippen LogP contribution in [0.2, 0.25) is 0 Å². The third kappa shape index (κ3) is 38.2. The van der Waals surface area contributed by atoms with Crippen molar-refractivity contribution in [3.05, 3.63) is 12.7 Å². The molecule has 0 rings (SSSR count). The highest BCUT2D eigenvalue weighted by molar-refractivity contribution is 7.81. The van der Waals surface area contributed by atoms with E-state index in [-0.39, 0.29) is 13.2 Å². The molecular weight excluding hydrogens is 272 g/mol. The summed E-state index contributed by atoms with van der Waals surface area (Å²) in [6.45, 7) is 6.80. The van der Waals surface area contributed by atoms with Gasteiger partial charge in [-0.15, -0.1) is 0 Å². The summed E-state index contributed by atoms with van der Waals surface area (Å²) in [5, 5.41) is 0. The minimum atomic E-state index is -3.69. The molecule has 0 saturated carbocycles. The van der Waals surface area contributed by atoms with E-state index in [0.717, 1.165) is 6.08 Å². The van der Waals surface area contributed by atoms with Gasteiger partial charge in [-0.2, -0.15) is 8.42 Å². The van der Waals surface area contributed by atoms with Gasteiger partial charge >= 0.3 is 10.4 Å². The number of primary amides is 1. The minimum Gasteiger partial charge on any atom is -0.366 e. The SMILES string of the molecule is C=CC(N)=O.CCCOS(=O)(=O)OCC.CN(C)C. The van der Waals surface area contributed by atoms with E-state index < -0.39 is 16.3 Å². The number of hydrogen-bond acceptors (Lipinski definition) is 6. The van der Waals surface area contributed by atoms with Crippen molar-refractivity contribution in [2.24, 2.45) is 5.73 Å². The van der Waals surface area contributed by atoms with Gasteiger partial charge in [0.2, 0.25) is 5.91 Å². The highest BCUT2D eigenvalue weighted by atomic mass is 32.3. The summed E-state index contributed by atoms with van der Waals surface area (Å²) in [7, 11) is 2.31. The average molecular weight is 298 g/mol. The molecule has 0 aromatic carbocycles. The van der Waals surface area contributed by atoms with Gasteiger partial charge in [0.25, 0.3) is 0 Å². The van der Waals surface area contributed by atoms with Gasteiger partial charge in [0.05, 0.1) is 13.2 Å². The number of rotatable bonds is 6. The van der Waals surface area contributed by atoms with Crippen molar-refractivity contribution in [3.63, 3.8) is 0 Å². The van der Waals surface area contributed by atoms with Gasteiger partial charge in [0, 0.05) is 0 Å². The Balaban J connectivity index is -0.000000238. The lowest BCUT2D eigenvalue weighted by atomic mass is 10.5. The number of hydrogen-bond donors (Lipinski definition) is 1. The summed E-state index contributed by atoms with van der Waals surface area (Å²) in [6, 6.07) is 0. The molecule has 0 fully saturated rings. The van der Waals surface area contributed by atoms with E-state index in [1.165, 1.54) is 0 Å². The summed E-state index contributed by atoms with van der Waals surface area (Å²) in [4.78, 5) is 11.5. The van der Waals surface area contributed by atoms with Crippen molar-refractivity contribution < 1.29 is 21.6 Å². The van der Waals surface area contributed by atoms with Crippen LogP contribution in [-0.2, 0) is 23.6 Å². The summed E-state index contributed by atoms with van der Waals surface area (Å²) in [6.07, 6.45) is 1.71. The Morgan fingerprint density at radius 3 is 1.84 bits per heavy atom. The van der Waals surface area contributed by atoms with E-state index in [0.29, 0.717) is 6.42 Å². The molecule has 0 aromatic heterocycles. The van der Waals surface area contributed by atoms with Crippen LogP contribution in [0, 0.1) is 0 Å². The number of nitrogens with two attached hydrogens (primary N) is 1. The van der Waals surface area contributed by atoms with Crippen LogP contribution in [0.5, 0.6) is 0 Å². The van der Waals surface area contributed by atoms with Crippen molar-refractivity contribution in [2.75, 3.05) is 34.4 Å². The molecule has 0 unspecified atom stereocenters. The van der Waals surface area contributed by atoms with Crippen LogP contribution < -0.4 is 5.73 Å². The Bertz CT molecular complexity index is 312. The maximum Gasteiger partial charge on any atom is 0.399 e. The highest BCUT2D eigenvalue weighted by Gasteiger charge is 2.08. The molecular formula is C11H26N2O5S. The topological polar surface area (TPSA) is 98.9 Å². The van der Waals surface area contributed by atoms with Gasteiger partial charge in [0.1, 0.15) is 0 Å². The lowest BCUT2D eigenvalue weighted by Gasteiger charge is -2.00. The van der Waals surface area contributed by atoms with E-state index in [9.17, 15) is 13.2 Å². The van der Waals surface area contributed by atoms with E-state index in [1.807, 2.05) is 33.0 Å². The Labute approximate surface area is 116 Å². The summed E-state index contributed by atoms with van der Waals surface area (Å²) >= 11 is 0. The van der Waals surface area contributed by atoms with Crippen LogP contribution in [0.25, 0.3) is 0 Å². The zero-order chi connectivity index (χ0) is 15.9. The first-order chi connectivity index (χ1) is 8.62. The van der Waals surface area contributed by atoms with E-state index >= 15 is 0 Å². The van der Waals surface area contributed by atoms with Gasteiger partial charge in [-0.05, 0) is 40.6 Å². The third-order valence-corrected chi connectivity index (χ3v) is 1.87. The average Bonchev–Trinajstić information content (AvgIpc) is 2.26. The van der Waals surface area contributed by atoms with Gasteiger partial charge in [-0.3, -0.25) is 4.79 Å². The largest absolute Gasteiger partial charge is 0.399 e.